The molecule has 2 saturated heterocycles. The average molecular weight is 954 g/mol. The van der Waals surface area contributed by atoms with Crippen LogP contribution in [0.25, 0.3) is 0 Å². The van der Waals surface area contributed by atoms with Crippen molar-refractivity contribution in [1.29, 1.82) is 0 Å². The van der Waals surface area contributed by atoms with Gasteiger partial charge >= 0.3 is 11.9 Å². The molecule has 8 atom stereocenters. The van der Waals surface area contributed by atoms with Gasteiger partial charge in [-0.3, -0.25) is 52.7 Å². The van der Waals surface area contributed by atoms with Crippen molar-refractivity contribution in [1.82, 2.24) is 52.8 Å². The van der Waals surface area contributed by atoms with Gasteiger partial charge in [0.1, 0.15) is 36.3 Å². The number of rotatable bonds is 28. The standard InChI is InChI=1S/C41H67N11O15/c1-20(2)13-27(51-38(63)24(8-10-30(42)54)48-31(55)17-44-36(61)26-15-23(53)16-43-26)37(62)45-18-32(56)49-28(14-21(3)4)39(64)47-22(5)35(60)46-19-33(57)52-12-6-7-29(52)40(65)50-25(41(66)67)9-11-34(58)59/h20-29,43,53H,6-19H2,1-5H3,(H2,42,54)(H,44,61)(H,45,62)(H,46,60)(H,47,64)(H,48,55)(H,49,56)(H,50,65)(H,51,63)(H,58,59)(H,66,67)/t22-,23+,24-,25-,26-,27-,28-,29-/m0/s1. The minimum absolute atomic E-state index is 0.0766. The van der Waals surface area contributed by atoms with E-state index in [2.05, 4.69) is 47.9 Å². The number of primary amides is 1. The van der Waals surface area contributed by atoms with Gasteiger partial charge in [0.15, 0.2) is 0 Å². The summed E-state index contributed by atoms with van der Waals surface area (Å²) in [5, 5.41) is 50.2. The largest absolute Gasteiger partial charge is 0.481 e. The molecule has 0 radical (unpaired) electrons. The number of carbonyl (C=O) groups is 12. The number of likely N-dealkylation sites (tertiary alicyclic amines) is 1. The van der Waals surface area contributed by atoms with E-state index in [0.717, 1.165) is 0 Å². The van der Waals surface area contributed by atoms with Crippen LogP contribution in [0, 0.1) is 11.8 Å². The van der Waals surface area contributed by atoms with E-state index in [1.807, 2.05) is 0 Å². The number of amides is 10. The highest BCUT2D eigenvalue weighted by Crippen LogP contribution is 2.18. The third kappa shape index (κ3) is 20.7. The number of β-amino-alcohol motifs (C(OH)–C–C–N with tert-alkyl or cyclic N) is 1. The summed E-state index contributed by atoms with van der Waals surface area (Å²) in [7, 11) is 0. The number of aliphatic carboxylic acids is 2. The zero-order valence-corrected chi connectivity index (χ0v) is 38.4. The van der Waals surface area contributed by atoms with Gasteiger partial charge in [-0.25, -0.2) is 4.79 Å². The van der Waals surface area contributed by atoms with Crippen LogP contribution in [-0.4, -0.2) is 172 Å². The summed E-state index contributed by atoms with van der Waals surface area (Å²) < 4.78 is 0. The van der Waals surface area contributed by atoms with Gasteiger partial charge in [-0.2, -0.15) is 0 Å². The SMILES string of the molecule is CC(C)C[C@H](NC(=O)CNC(=O)[C@H](CC(C)C)NC(=O)[C@H](CCC(N)=O)NC(=O)CNC(=O)[C@@H]1C[C@@H](O)CN1)C(=O)N[C@@H](C)C(=O)NCC(=O)N1CCC[C@H]1C(=O)N[C@@H](CCC(=O)O)C(=O)O. The van der Waals surface area contributed by atoms with Crippen LogP contribution in [0.4, 0.5) is 0 Å². The van der Waals surface area contributed by atoms with Crippen LogP contribution in [0.15, 0.2) is 0 Å². The zero-order chi connectivity index (χ0) is 50.5. The van der Waals surface area contributed by atoms with Crippen LogP contribution in [-0.2, 0) is 57.5 Å². The molecule has 10 amide bonds. The zero-order valence-electron chi connectivity index (χ0n) is 38.4. The molecule has 0 unspecified atom stereocenters. The minimum atomic E-state index is -1.49. The Hall–Kier alpha value is -6.44. The van der Waals surface area contributed by atoms with E-state index in [-0.39, 0.29) is 69.9 Å². The van der Waals surface area contributed by atoms with Gasteiger partial charge in [0.25, 0.3) is 0 Å². The average Bonchev–Trinajstić information content (AvgIpc) is 3.92. The quantitative estimate of drug-likeness (QED) is 0.0349. The number of carbonyl (C=O) groups excluding carboxylic acids is 10. The van der Waals surface area contributed by atoms with E-state index >= 15 is 0 Å². The molecule has 2 heterocycles. The van der Waals surface area contributed by atoms with E-state index in [1.54, 1.807) is 27.7 Å². The van der Waals surface area contributed by atoms with Gasteiger partial charge in [-0.1, -0.05) is 27.7 Å². The third-order valence-corrected chi connectivity index (χ3v) is 10.6. The number of aliphatic hydroxyl groups excluding tert-OH is 1. The summed E-state index contributed by atoms with van der Waals surface area (Å²) in [5.41, 5.74) is 5.27. The molecule has 14 N–H and O–H groups in total. The molecular weight excluding hydrogens is 887 g/mol. The van der Waals surface area contributed by atoms with Crippen molar-refractivity contribution in [2.45, 2.75) is 141 Å². The summed E-state index contributed by atoms with van der Waals surface area (Å²) in [6.45, 7) is 6.97. The molecule has 0 saturated carbocycles. The van der Waals surface area contributed by atoms with Gasteiger partial charge in [-0.15, -0.1) is 0 Å². The number of carboxylic acid groups (broad SMARTS) is 2. The van der Waals surface area contributed by atoms with Crippen molar-refractivity contribution < 1.29 is 72.9 Å². The molecule has 0 aromatic carbocycles. The Morgan fingerprint density at radius 1 is 0.642 bits per heavy atom. The normalized spacial score (nSPS) is 18.9. The predicted octanol–water partition coefficient (Wildman–Crippen LogP) is -5.20. The molecule has 26 heteroatoms. The number of aliphatic hydroxyl groups is 1. The van der Waals surface area contributed by atoms with Crippen LogP contribution in [0.2, 0.25) is 0 Å². The van der Waals surface area contributed by atoms with E-state index in [9.17, 15) is 67.7 Å². The topological polar surface area (TPSA) is 403 Å². The monoisotopic (exact) mass is 953 g/mol. The Labute approximate surface area is 387 Å². The maximum Gasteiger partial charge on any atom is 0.326 e. The lowest BCUT2D eigenvalue weighted by atomic mass is 10.0. The third-order valence-electron chi connectivity index (χ3n) is 10.6. The molecular formula is C41H67N11O15. The summed E-state index contributed by atoms with van der Waals surface area (Å²) in [6.07, 6.45) is -1.24. The fourth-order valence-corrected chi connectivity index (χ4v) is 7.15. The first-order valence-corrected chi connectivity index (χ1v) is 22.1. The Bertz CT molecular complexity index is 1830. The molecule has 26 nitrogen and oxygen atoms in total. The van der Waals surface area contributed by atoms with E-state index in [0.29, 0.717) is 6.42 Å². The molecule has 0 bridgehead atoms. The Morgan fingerprint density at radius 3 is 1.75 bits per heavy atom. The molecule has 2 aliphatic rings. The van der Waals surface area contributed by atoms with Crippen molar-refractivity contribution in [3.63, 3.8) is 0 Å². The molecule has 0 aromatic rings. The van der Waals surface area contributed by atoms with Gasteiger partial charge in [0.2, 0.25) is 59.1 Å². The lowest BCUT2D eigenvalue weighted by Crippen LogP contribution is -2.57. The molecule has 0 spiro atoms. The highest BCUT2D eigenvalue weighted by Gasteiger charge is 2.37. The van der Waals surface area contributed by atoms with Gasteiger partial charge in [-0.05, 0) is 63.7 Å². The second-order valence-corrected chi connectivity index (χ2v) is 17.4. The van der Waals surface area contributed by atoms with E-state index in [4.69, 9.17) is 10.8 Å². The van der Waals surface area contributed by atoms with Crippen LogP contribution in [0.3, 0.4) is 0 Å². The predicted molar refractivity (Wildman–Crippen MR) is 233 cm³/mol. The number of hydrogen-bond acceptors (Lipinski definition) is 14. The number of nitrogens with one attached hydrogen (secondary N) is 9. The van der Waals surface area contributed by atoms with Crippen LogP contribution in [0.1, 0.15) is 92.4 Å². The van der Waals surface area contributed by atoms with Crippen molar-refractivity contribution in [3.05, 3.63) is 0 Å². The van der Waals surface area contributed by atoms with E-state index < -0.39 is 145 Å². The Kier molecular flexibility index (Phi) is 23.6. The summed E-state index contributed by atoms with van der Waals surface area (Å²) in [4.78, 5) is 152. The second-order valence-electron chi connectivity index (χ2n) is 17.4. The summed E-state index contributed by atoms with van der Waals surface area (Å²) in [5.74, 6) is -10.6. The van der Waals surface area contributed by atoms with Crippen LogP contribution in [0.5, 0.6) is 0 Å². The molecule has 2 aliphatic heterocycles. The first-order valence-electron chi connectivity index (χ1n) is 22.1. The molecule has 0 aliphatic carbocycles. The molecule has 0 aromatic heterocycles. The van der Waals surface area contributed by atoms with Crippen molar-refractivity contribution in [3.8, 4) is 0 Å². The smallest absolute Gasteiger partial charge is 0.326 e. The van der Waals surface area contributed by atoms with Gasteiger partial charge in [0.05, 0.1) is 31.8 Å². The highest BCUT2D eigenvalue weighted by atomic mass is 16.4. The van der Waals surface area contributed by atoms with Crippen molar-refractivity contribution in [2.24, 2.45) is 17.6 Å². The van der Waals surface area contributed by atoms with Crippen LogP contribution >= 0.6 is 0 Å². The number of hydrogen-bond donors (Lipinski definition) is 13. The first kappa shape index (κ1) is 56.7. The Morgan fingerprint density at radius 2 is 1.19 bits per heavy atom. The minimum Gasteiger partial charge on any atom is -0.481 e. The van der Waals surface area contributed by atoms with Crippen molar-refractivity contribution >= 4 is 71.0 Å². The number of nitrogens with zero attached hydrogens (tertiary/aromatic N) is 1. The molecule has 67 heavy (non-hydrogen) atoms. The molecule has 2 rings (SSSR count). The maximum atomic E-state index is 13.4. The highest BCUT2D eigenvalue weighted by molar-refractivity contribution is 5.97. The Balaban J connectivity index is 1.98. The lowest BCUT2D eigenvalue weighted by Gasteiger charge is -2.26. The summed E-state index contributed by atoms with van der Waals surface area (Å²) in [6, 6.07) is -8.28. The maximum absolute atomic E-state index is 13.4. The van der Waals surface area contributed by atoms with Crippen LogP contribution < -0.4 is 53.6 Å². The number of carboxylic acids is 2. The lowest BCUT2D eigenvalue weighted by molar-refractivity contribution is -0.145. The summed E-state index contributed by atoms with van der Waals surface area (Å²) >= 11 is 0. The molecule has 376 valence electrons. The first-order chi connectivity index (χ1) is 31.4. The van der Waals surface area contributed by atoms with Gasteiger partial charge < -0.3 is 73.8 Å². The van der Waals surface area contributed by atoms with Gasteiger partial charge in [0, 0.05) is 25.9 Å². The fourth-order valence-electron chi connectivity index (χ4n) is 7.15. The fraction of sp³-hybridized carbons (Fsp3) is 0.707. The van der Waals surface area contributed by atoms with Crippen molar-refractivity contribution in [2.75, 3.05) is 32.7 Å². The number of nitrogens with two attached hydrogens (primary N) is 1. The molecule has 2 fully saturated rings. The van der Waals surface area contributed by atoms with E-state index in [1.165, 1.54) is 11.8 Å². The second kappa shape index (κ2) is 27.9.